The van der Waals surface area contributed by atoms with Crippen LogP contribution in [0.2, 0.25) is 0 Å². The van der Waals surface area contributed by atoms with Crippen LogP contribution in [0.4, 0.5) is 5.69 Å². The minimum Gasteiger partial charge on any atom is -0.324 e. The number of carbonyl (C=O) groups is 1. The Morgan fingerprint density at radius 3 is 2.43 bits per heavy atom. The first-order valence-corrected chi connectivity index (χ1v) is 12.1. The Morgan fingerprint density at radius 2 is 1.77 bits per heavy atom. The normalized spacial score (nSPS) is 16.2. The zero-order valence-corrected chi connectivity index (χ0v) is 18.7. The maximum absolute atomic E-state index is 13.0. The fraction of sp³-hybridized carbons (Fsp3) is 0.435. The summed E-state index contributed by atoms with van der Waals surface area (Å²) in [5.41, 5.74) is 2.60. The molecule has 0 bridgehead atoms. The van der Waals surface area contributed by atoms with E-state index in [1.54, 1.807) is 22.5 Å². The molecule has 162 valence electrons. The van der Waals surface area contributed by atoms with Gasteiger partial charge in [-0.3, -0.25) is 4.79 Å². The molecule has 30 heavy (non-hydrogen) atoms. The lowest BCUT2D eigenvalue weighted by molar-refractivity contribution is -0.903. The van der Waals surface area contributed by atoms with E-state index in [1.807, 2.05) is 25.1 Å². The molecular formula is C23H32N3O3S+. The van der Waals surface area contributed by atoms with E-state index in [4.69, 9.17) is 0 Å². The lowest BCUT2D eigenvalue weighted by atomic mass is 10.2. The third-order valence-corrected chi connectivity index (χ3v) is 7.54. The van der Waals surface area contributed by atoms with Crippen LogP contribution in [-0.4, -0.2) is 44.8 Å². The molecule has 1 aliphatic heterocycles. The van der Waals surface area contributed by atoms with Crippen LogP contribution in [0.1, 0.15) is 37.3 Å². The summed E-state index contributed by atoms with van der Waals surface area (Å²) in [6.45, 7) is 6.98. The number of nitrogens with one attached hydrogen (secondary N) is 2. The third-order valence-electron chi connectivity index (χ3n) is 5.64. The number of anilines is 1. The molecule has 1 fully saturated rings. The fourth-order valence-corrected chi connectivity index (χ4v) is 5.31. The van der Waals surface area contributed by atoms with Crippen molar-refractivity contribution in [1.29, 1.82) is 0 Å². The summed E-state index contributed by atoms with van der Waals surface area (Å²) in [6.07, 6.45) is 2.86. The molecular weight excluding hydrogens is 398 g/mol. The number of benzene rings is 2. The second-order valence-corrected chi connectivity index (χ2v) is 9.87. The number of hydrogen-bond donors (Lipinski definition) is 2. The molecule has 0 radical (unpaired) electrons. The molecule has 7 heteroatoms. The maximum atomic E-state index is 13.0. The van der Waals surface area contributed by atoms with Crippen LogP contribution in [0.3, 0.4) is 0 Å². The summed E-state index contributed by atoms with van der Waals surface area (Å²) in [4.78, 5) is 14.1. The van der Waals surface area contributed by atoms with Crippen LogP contribution in [0.15, 0.2) is 53.4 Å². The number of piperidine rings is 1. The van der Waals surface area contributed by atoms with Crippen molar-refractivity contribution < 1.29 is 18.1 Å². The zero-order chi connectivity index (χ0) is 21.6. The number of carbonyl (C=O) groups excluding carboxylic acids is 1. The number of rotatable bonds is 8. The molecule has 0 saturated carbocycles. The van der Waals surface area contributed by atoms with Gasteiger partial charge in [-0.05, 0) is 44.4 Å². The van der Waals surface area contributed by atoms with Gasteiger partial charge in [-0.25, -0.2) is 8.42 Å². The van der Waals surface area contributed by atoms with E-state index in [0.29, 0.717) is 25.3 Å². The van der Waals surface area contributed by atoms with E-state index >= 15 is 0 Å². The predicted molar refractivity (Wildman–Crippen MR) is 119 cm³/mol. The molecule has 0 spiro atoms. The highest BCUT2D eigenvalue weighted by Gasteiger charge is 2.26. The van der Waals surface area contributed by atoms with Crippen molar-refractivity contribution in [2.75, 3.05) is 31.5 Å². The molecule has 2 N–H and O–H groups in total. The second-order valence-electron chi connectivity index (χ2n) is 7.93. The number of sulfonamides is 1. The monoisotopic (exact) mass is 430 g/mol. The summed E-state index contributed by atoms with van der Waals surface area (Å²) in [5, 5.41) is 2.93. The number of aryl methyl sites for hydroxylation is 1. The predicted octanol–water partition coefficient (Wildman–Crippen LogP) is 2.21. The van der Waals surface area contributed by atoms with Gasteiger partial charge in [0.2, 0.25) is 10.0 Å². The molecule has 3 rings (SSSR count). The van der Waals surface area contributed by atoms with Crippen molar-refractivity contribution >= 4 is 21.6 Å². The first-order chi connectivity index (χ1) is 14.4. The lowest BCUT2D eigenvalue weighted by Crippen LogP contribution is -3.11. The summed E-state index contributed by atoms with van der Waals surface area (Å²) in [7, 11) is -3.53. The van der Waals surface area contributed by atoms with E-state index in [2.05, 4.69) is 24.4 Å². The number of quaternary nitrogens is 1. The van der Waals surface area contributed by atoms with Crippen LogP contribution < -0.4 is 10.2 Å². The standard InChI is InChI=1S/C23H31N3O3S/c1-3-25(17-20-10-6-4-7-11-20)18-23(27)24-22-16-21(13-12-19(22)2)30(28,29)26-14-8-5-9-15-26/h4,6-7,10-13,16H,3,5,8-9,14-15,17-18H2,1-2H3,(H,24,27)/p+1. The van der Waals surface area contributed by atoms with Gasteiger partial charge >= 0.3 is 0 Å². The Labute approximate surface area is 179 Å². The van der Waals surface area contributed by atoms with E-state index in [0.717, 1.165) is 42.8 Å². The second kappa shape index (κ2) is 10.2. The maximum Gasteiger partial charge on any atom is 0.279 e. The highest BCUT2D eigenvalue weighted by atomic mass is 32.2. The number of likely N-dealkylation sites (N-methyl/N-ethyl adjacent to an activating group) is 1. The van der Waals surface area contributed by atoms with Crippen LogP contribution >= 0.6 is 0 Å². The Balaban J connectivity index is 1.69. The van der Waals surface area contributed by atoms with Crippen molar-refractivity contribution in [2.45, 2.75) is 44.6 Å². The molecule has 1 atom stereocenters. The van der Waals surface area contributed by atoms with Gasteiger partial charge in [0.1, 0.15) is 6.54 Å². The average Bonchev–Trinajstić information content (AvgIpc) is 2.76. The third kappa shape index (κ3) is 5.68. The Morgan fingerprint density at radius 1 is 1.07 bits per heavy atom. The number of amides is 1. The molecule has 2 aromatic rings. The van der Waals surface area contributed by atoms with E-state index < -0.39 is 10.0 Å². The molecule has 0 aromatic heterocycles. The van der Waals surface area contributed by atoms with Crippen molar-refractivity contribution in [2.24, 2.45) is 0 Å². The minimum absolute atomic E-state index is 0.113. The first kappa shape index (κ1) is 22.5. The van der Waals surface area contributed by atoms with Gasteiger partial charge in [-0.15, -0.1) is 0 Å². The molecule has 0 aliphatic carbocycles. The molecule has 1 saturated heterocycles. The molecule has 1 unspecified atom stereocenters. The molecule has 1 heterocycles. The van der Waals surface area contributed by atoms with Gasteiger partial charge in [0, 0.05) is 24.3 Å². The summed E-state index contributed by atoms with van der Waals surface area (Å²) in [6, 6.07) is 15.1. The smallest absolute Gasteiger partial charge is 0.279 e. The van der Waals surface area contributed by atoms with Gasteiger partial charge in [-0.2, -0.15) is 4.31 Å². The summed E-state index contributed by atoms with van der Waals surface area (Å²) < 4.78 is 27.5. The SMILES string of the molecule is CC[NH+](CC(=O)Nc1cc(S(=O)(=O)N2CCCCC2)ccc1C)Cc1ccccc1. The zero-order valence-electron chi connectivity index (χ0n) is 17.9. The van der Waals surface area contributed by atoms with Gasteiger partial charge in [0.05, 0.1) is 11.4 Å². The van der Waals surface area contributed by atoms with Crippen molar-refractivity contribution in [3.05, 3.63) is 59.7 Å². The van der Waals surface area contributed by atoms with Crippen molar-refractivity contribution in [3.8, 4) is 0 Å². The first-order valence-electron chi connectivity index (χ1n) is 10.7. The average molecular weight is 431 g/mol. The Hall–Kier alpha value is -2.22. The molecule has 1 amide bonds. The molecule has 6 nitrogen and oxygen atoms in total. The number of hydrogen-bond acceptors (Lipinski definition) is 3. The Kier molecular flexibility index (Phi) is 7.64. The van der Waals surface area contributed by atoms with Crippen LogP contribution in [-0.2, 0) is 21.4 Å². The van der Waals surface area contributed by atoms with Gasteiger partial charge in [-0.1, -0.05) is 42.8 Å². The van der Waals surface area contributed by atoms with Crippen molar-refractivity contribution in [1.82, 2.24) is 4.31 Å². The highest BCUT2D eigenvalue weighted by molar-refractivity contribution is 7.89. The Bertz CT molecular complexity index is 955. The van der Waals surface area contributed by atoms with Gasteiger partial charge in [0.25, 0.3) is 5.91 Å². The van der Waals surface area contributed by atoms with Gasteiger partial charge in [0.15, 0.2) is 6.54 Å². The van der Waals surface area contributed by atoms with Crippen LogP contribution in [0, 0.1) is 6.92 Å². The topological polar surface area (TPSA) is 70.9 Å². The highest BCUT2D eigenvalue weighted by Crippen LogP contribution is 2.25. The van der Waals surface area contributed by atoms with Crippen LogP contribution in [0.25, 0.3) is 0 Å². The van der Waals surface area contributed by atoms with E-state index in [9.17, 15) is 13.2 Å². The van der Waals surface area contributed by atoms with Crippen LogP contribution in [0.5, 0.6) is 0 Å². The lowest BCUT2D eigenvalue weighted by Gasteiger charge is -2.26. The van der Waals surface area contributed by atoms with Crippen molar-refractivity contribution in [3.63, 3.8) is 0 Å². The van der Waals surface area contributed by atoms with E-state index in [1.165, 1.54) is 5.56 Å². The van der Waals surface area contributed by atoms with E-state index in [-0.39, 0.29) is 10.8 Å². The summed E-state index contributed by atoms with van der Waals surface area (Å²) >= 11 is 0. The number of nitrogens with zero attached hydrogens (tertiary/aromatic N) is 1. The van der Waals surface area contributed by atoms with Gasteiger partial charge < -0.3 is 10.2 Å². The fourth-order valence-electron chi connectivity index (χ4n) is 3.77. The minimum atomic E-state index is -3.53. The molecule has 1 aliphatic rings. The summed E-state index contributed by atoms with van der Waals surface area (Å²) in [5.74, 6) is -0.113. The quantitative estimate of drug-likeness (QED) is 0.675. The molecule has 2 aromatic carbocycles. The largest absolute Gasteiger partial charge is 0.324 e.